The Hall–Kier alpha value is -2.04. The largest absolute Gasteiger partial charge is 0.337 e. The fraction of sp³-hybridized carbons (Fsp3) is 0.667. The van der Waals surface area contributed by atoms with Crippen LogP contribution in [-0.4, -0.2) is 54.0 Å². The fourth-order valence-corrected chi connectivity index (χ4v) is 5.57. The van der Waals surface area contributed by atoms with Crippen molar-refractivity contribution in [2.24, 2.45) is 11.8 Å². The Bertz CT molecular complexity index is 665. The molecule has 5 nitrogen and oxygen atoms in total. The van der Waals surface area contributed by atoms with Crippen LogP contribution in [-0.2, 0) is 0 Å². The summed E-state index contributed by atoms with van der Waals surface area (Å²) in [4.78, 5) is 29.7. The van der Waals surface area contributed by atoms with Gasteiger partial charge in [-0.1, -0.05) is 43.9 Å². The van der Waals surface area contributed by atoms with Crippen molar-refractivity contribution in [1.82, 2.24) is 15.1 Å². The highest BCUT2D eigenvalue weighted by molar-refractivity contribution is 5.94. The number of hydrogen-bond donors (Lipinski definition) is 1. The van der Waals surface area contributed by atoms with Gasteiger partial charge in [-0.3, -0.25) is 4.79 Å². The van der Waals surface area contributed by atoms with Crippen molar-refractivity contribution < 1.29 is 9.59 Å². The molecule has 0 aromatic heterocycles. The monoisotopic (exact) mass is 397 g/mol. The van der Waals surface area contributed by atoms with E-state index in [0.29, 0.717) is 37.5 Å². The van der Waals surface area contributed by atoms with Crippen molar-refractivity contribution in [3.63, 3.8) is 0 Å². The van der Waals surface area contributed by atoms with Gasteiger partial charge in [0.05, 0.1) is 0 Å². The number of rotatable bonds is 4. The fourth-order valence-electron chi connectivity index (χ4n) is 5.57. The summed E-state index contributed by atoms with van der Waals surface area (Å²) in [6.45, 7) is 2.67. The summed E-state index contributed by atoms with van der Waals surface area (Å²) in [5.74, 6) is 1.39. The normalized spacial score (nSPS) is 21.6. The molecular weight excluding hydrogens is 362 g/mol. The number of carbonyl (C=O) groups is 2. The van der Waals surface area contributed by atoms with Gasteiger partial charge in [-0.2, -0.15) is 0 Å². The Balaban J connectivity index is 1.35. The van der Waals surface area contributed by atoms with Gasteiger partial charge in [-0.15, -0.1) is 0 Å². The average Bonchev–Trinajstić information content (AvgIpc) is 3.43. The molecule has 1 N–H and O–H groups in total. The topological polar surface area (TPSA) is 52.7 Å². The van der Waals surface area contributed by atoms with Crippen LogP contribution in [0.5, 0.6) is 0 Å². The summed E-state index contributed by atoms with van der Waals surface area (Å²) in [5.41, 5.74) is 0.730. The van der Waals surface area contributed by atoms with E-state index >= 15 is 0 Å². The number of urea groups is 1. The summed E-state index contributed by atoms with van der Waals surface area (Å²) < 4.78 is 0. The lowest BCUT2D eigenvalue weighted by atomic mass is 9.86. The zero-order chi connectivity index (χ0) is 20.1. The third-order valence-corrected chi connectivity index (χ3v) is 7.20. The van der Waals surface area contributed by atoms with Gasteiger partial charge in [-0.25, -0.2) is 4.79 Å². The van der Waals surface area contributed by atoms with Gasteiger partial charge in [0.25, 0.3) is 5.91 Å². The Morgan fingerprint density at radius 3 is 1.93 bits per heavy atom. The lowest BCUT2D eigenvalue weighted by Crippen LogP contribution is -2.50. The highest BCUT2D eigenvalue weighted by Crippen LogP contribution is 2.37. The van der Waals surface area contributed by atoms with E-state index in [0.717, 1.165) is 18.5 Å². The molecule has 1 aromatic carbocycles. The molecule has 0 atom stereocenters. The van der Waals surface area contributed by atoms with Crippen LogP contribution in [0.4, 0.5) is 4.79 Å². The number of nitrogens with zero attached hydrogens (tertiary/aromatic N) is 2. The molecule has 2 aliphatic carbocycles. The first kappa shape index (κ1) is 20.2. The van der Waals surface area contributed by atoms with Crippen LogP contribution in [0.25, 0.3) is 0 Å². The molecule has 3 fully saturated rings. The number of carbonyl (C=O) groups excluding carboxylic acids is 2. The maximum absolute atomic E-state index is 13.1. The van der Waals surface area contributed by atoms with Crippen molar-refractivity contribution in [2.75, 3.05) is 26.2 Å². The molecule has 158 valence electrons. The van der Waals surface area contributed by atoms with Crippen LogP contribution in [0.15, 0.2) is 30.3 Å². The van der Waals surface area contributed by atoms with E-state index in [-0.39, 0.29) is 11.9 Å². The van der Waals surface area contributed by atoms with E-state index in [1.165, 1.54) is 51.4 Å². The molecule has 1 aromatic rings. The SMILES string of the molecule is O=C(NC(C1CCCC1)C1CCCC1)N1CCCN(C(=O)c2ccccc2)CC1. The van der Waals surface area contributed by atoms with Gasteiger partial charge in [-0.05, 0) is 56.1 Å². The molecular formula is C24H35N3O2. The highest BCUT2D eigenvalue weighted by atomic mass is 16.2. The van der Waals surface area contributed by atoms with Crippen molar-refractivity contribution >= 4 is 11.9 Å². The second kappa shape index (κ2) is 9.64. The Morgan fingerprint density at radius 1 is 0.759 bits per heavy atom. The van der Waals surface area contributed by atoms with Gasteiger partial charge < -0.3 is 15.1 Å². The first-order chi connectivity index (χ1) is 14.2. The summed E-state index contributed by atoms with van der Waals surface area (Å²) in [7, 11) is 0. The zero-order valence-corrected chi connectivity index (χ0v) is 17.5. The third-order valence-electron chi connectivity index (χ3n) is 7.20. The Labute approximate surface area is 174 Å². The van der Waals surface area contributed by atoms with E-state index in [9.17, 15) is 9.59 Å². The lowest BCUT2D eigenvalue weighted by molar-refractivity contribution is 0.0762. The zero-order valence-electron chi connectivity index (χ0n) is 17.5. The van der Waals surface area contributed by atoms with Crippen LogP contribution >= 0.6 is 0 Å². The van der Waals surface area contributed by atoms with Crippen LogP contribution in [0.2, 0.25) is 0 Å². The van der Waals surface area contributed by atoms with Crippen molar-refractivity contribution in [3.8, 4) is 0 Å². The molecule has 2 saturated carbocycles. The van der Waals surface area contributed by atoms with E-state index < -0.39 is 0 Å². The maximum Gasteiger partial charge on any atom is 0.317 e. The van der Waals surface area contributed by atoms with Crippen LogP contribution in [0.3, 0.4) is 0 Å². The summed E-state index contributed by atoms with van der Waals surface area (Å²) in [6.07, 6.45) is 11.1. The molecule has 0 unspecified atom stereocenters. The molecule has 1 heterocycles. The number of hydrogen-bond acceptors (Lipinski definition) is 2. The molecule has 5 heteroatoms. The van der Waals surface area contributed by atoms with Crippen LogP contribution in [0.1, 0.15) is 68.1 Å². The standard InChI is InChI=1S/C24H35N3O2/c28-23(21-13-2-1-3-14-21)26-15-8-16-27(18-17-26)24(29)25-22(19-9-4-5-10-19)20-11-6-7-12-20/h1-3,13-14,19-20,22H,4-12,15-18H2,(H,25,29). The molecule has 29 heavy (non-hydrogen) atoms. The number of benzene rings is 1. The smallest absolute Gasteiger partial charge is 0.317 e. The average molecular weight is 398 g/mol. The van der Waals surface area contributed by atoms with E-state index in [4.69, 9.17) is 0 Å². The predicted molar refractivity (Wildman–Crippen MR) is 115 cm³/mol. The third kappa shape index (κ3) is 4.93. The highest BCUT2D eigenvalue weighted by Gasteiger charge is 2.35. The minimum Gasteiger partial charge on any atom is -0.337 e. The van der Waals surface area contributed by atoms with Crippen LogP contribution < -0.4 is 5.32 Å². The van der Waals surface area contributed by atoms with Crippen molar-refractivity contribution in [2.45, 2.75) is 63.8 Å². The minimum absolute atomic E-state index is 0.0719. The predicted octanol–water partition coefficient (Wildman–Crippen LogP) is 4.29. The Morgan fingerprint density at radius 2 is 1.31 bits per heavy atom. The molecule has 1 saturated heterocycles. The Kier molecular flexibility index (Phi) is 6.73. The number of amides is 3. The molecule has 0 radical (unpaired) electrons. The molecule has 4 rings (SSSR count). The quantitative estimate of drug-likeness (QED) is 0.824. The first-order valence-electron chi connectivity index (χ1n) is 11.6. The van der Waals surface area contributed by atoms with Gasteiger partial charge in [0, 0.05) is 37.8 Å². The molecule has 3 amide bonds. The second-order valence-corrected chi connectivity index (χ2v) is 9.06. The van der Waals surface area contributed by atoms with Crippen molar-refractivity contribution in [1.29, 1.82) is 0 Å². The summed E-state index contributed by atoms with van der Waals surface area (Å²) in [5, 5.41) is 3.46. The van der Waals surface area contributed by atoms with Gasteiger partial charge in [0.2, 0.25) is 0 Å². The van der Waals surface area contributed by atoms with E-state index in [1.54, 1.807) is 0 Å². The lowest BCUT2D eigenvalue weighted by Gasteiger charge is -2.33. The summed E-state index contributed by atoms with van der Waals surface area (Å²) >= 11 is 0. The van der Waals surface area contributed by atoms with Crippen LogP contribution in [0, 0.1) is 11.8 Å². The first-order valence-corrected chi connectivity index (χ1v) is 11.6. The summed E-state index contributed by atoms with van der Waals surface area (Å²) in [6, 6.07) is 9.89. The van der Waals surface area contributed by atoms with Crippen molar-refractivity contribution in [3.05, 3.63) is 35.9 Å². The molecule has 0 bridgehead atoms. The second-order valence-electron chi connectivity index (χ2n) is 9.06. The van der Waals surface area contributed by atoms with E-state index in [2.05, 4.69) is 5.32 Å². The van der Waals surface area contributed by atoms with Gasteiger partial charge in [0.15, 0.2) is 0 Å². The molecule has 3 aliphatic rings. The molecule has 0 spiro atoms. The molecule has 1 aliphatic heterocycles. The minimum atomic E-state index is 0.0719. The van der Waals surface area contributed by atoms with E-state index in [1.807, 2.05) is 40.1 Å². The number of nitrogens with one attached hydrogen (secondary N) is 1. The maximum atomic E-state index is 13.1. The van der Waals surface area contributed by atoms with Gasteiger partial charge >= 0.3 is 6.03 Å². The van der Waals surface area contributed by atoms with Gasteiger partial charge in [0.1, 0.15) is 0 Å².